The minimum absolute atomic E-state index is 0. The number of carboxylic acid groups (broad SMARTS) is 1. The molecule has 3 N–H and O–H groups in total. The van der Waals surface area contributed by atoms with E-state index in [0.717, 1.165) is 38.8 Å². The van der Waals surface area contributed by atoms with Crippen molar-refractivity contribution in [2.75, 3.05) is 19.6 Å². The van der Waals surface area contributed by atoms with Crippen molar-refractivity contribution in [3.63, 3.8) is 0 Å². The summed E-state index contributed by atoms with van der Waals surface area (Å²) in [5.74, 6) is 0. The lowest BCUT2D eigenvalue weighted by molar-refractivity contribution is 0.158. The number of halogens is 1. The zero-order valence-corrected chi connectivity index (χ0v) is 12.4. The Balaban J connectivity index is 0.00000200. The minimum Gasteiger partial charge on any atom is -0.465 e. The molecule has 0 bridgehead atoms. The van der Waals surface area contributed by atoms with E-state index in [1.165, 1.54) is 5.56 Å². The molecule has 0 aromatic heterocycles. The largest absolute Gasteiger partial charge is 0.465 e. The van der Waals surface area contributed by atoms with Gasteiger partial charge in [0.1, 0.15) is 0 Å². The number of carbonyl (C=O) groups is 1. The third kappa shape index (κ3) is 5.02. The van der Waals surface area contributed by atoms with Gasteiger partial charge >= 0.3 is 6.09 Å². The number of hydrogen-bond donors (Lipinski definition) is 3. The summed E-state index contributed by atoms with van der Waals surface area (Å²) in [6, 6.07) is 10.4. The summed E-state index contributed by atoms with van der Waals surface area (Å²) >= 11 is 0. The number of amides is 1. The van der Waals surface area contributed by atoms with Crippen LogP contribution in [0.3, 0.4) is 0 Å². The van der Waals surface area contributed by atoms with Crippen LogP contribution >= 0.6 is 12.4 Å². The summed E-state index contributed by atoms with van der Waals surface area (Å²) in [6.45, 7) is 2.53. The molecule has 112 valence electrons. The summed E-state index contributed by atoms with van der Waals surface area (Å²) in [6.07, 6.45) is 3.22. The van der Waals surface area contributed by atoms with Crippen LogP contribution < -0.4 is 10.6 Å². The van der Waals surface area contributed by atoms with E-state index in [0.29, 0.717) is 6.54 Å². The molecule has 0 spiro atoms. The highest BCUT2D eigenvalue weighted by molar-refractivity contribution is 5.85. The first-order valence-electron chi connectivity index (χ1n) is 6.92. The van der Waals surface area contributed by atoms with Gasteiger partial charge in [0.25, 0.3) is 0 Å². The average molecular weight is 299 g/mol. The van der Waals surface area contributed by atoms with E-state index in [1.54, 1.807) is 0 Å². The van der Waals surface area contributed by atoms with Crippen molar-refractivity contribution >= 4 is 18.5 Å². The summed E-state index contributed by atoms with van der Waals surface area (Å²) < 4.78 is 0. The van der Waals surface area contributed by atoms with Crippen LogP contribution in [-0.4, -0.2) is 30.8 Å². The molecule has 1 aromatic rings. The van der Waals surface area contributed by atoms with Gasteiger partial charge in [0.15, 0.2) is 0 Å². The molecular formula is C15H23ClN2O2. The zero-order valence-electron chi connectivity index (χ0n) is 11.6. The number of nitrogens with one attached hydrogen (secondary N) is 2. The number of benzene rings is 1. The van der Waals surface area contributed by atoms with Crippen molar-refractivity contribution < 1.29 is 9.90 Å². The molecule has 0 unspecified atom stereocenters. The van der Waals surface area contributed by atoms with Crippen LogP contribution in [0.2, 0.25) is 0 Å². The van der Waals surface area contributed by atoms with Crippen LogP contribution in [0.15, 0.2) is 30.3 Å². The molecular weight excluding hydrogens is 276 g/mol. The van der Waals surface area contributed by atoms with E-state index in [2.05, 4.69) is 34.9 Å². The standard InChI is InChI=1S/C15H22N2O2.ClH/c18-14(19)17-12-15(8-10-16-11-9-15)7-6-13-4-2-1-3-5-13;/h1-5,16-17H,6-12H2,(H,18,19);1H. The molecule has 1 aromatic carbocycles. The molecule has 1 heterocycles. The predicted octanol–water partition coefficient (Wildman–Crippen LogP) is 2.68. The molecule has 1 amide bonds. The molecule has 1 aliphatic heterocycles. The minimum atomic E-state index is -0.919. The van der Waals surface area contributed by atoms with Gasteiger partial charge in [0.2, 0.25) is 0 Å². The lowest BCUT2D eigenvalue weighted by Crippen LogP contribution is -2.44. The lowest BCUT2D eigenvalue weighted by Gasteiger charge is -2.37. The molecule has 0 atom stereocenters. The fraction of sp³-hybridized carbons (Fsp3) is 0.533. The predicted molar refractivity (Wildman–Crippen MR) is 82.6 cm³/mol. The molecule has 1 saturated heterocycles. The van der Waals surface area contributed by atoms with Gasteiger partial charge in [0.05, 0.1) is 0 Å². The molecule has 0 radical (unpaired) electrons. The quantitative estimate of drug-likeness (QED) is 0.783. The van der Waals surface area contributed by atoms with Crippen molar-refractivity contribution in [2.24, 2.45) is 5.41 Å². The fourth-order valence-corrected chi connectivity index (χ4v) is 2.79. The molecule has 2 rings (SSSR count). The second kappa shape index (κ2) is 8.12. The van der Waals surface area contributed by atoms with Crippen molar-refractivity contribution in [3.8, 4) is 0 Å². The maximum atomic E-state index is 10.7. The van der Waals surface area contributed by atoms with Gasteiger partial charge in [-0.15, -0.1) is 12.4 Å². The maximum Gasteiger partial charge on any atom is 0.404 e. The number of aryl methyl sites for hydroxylation is 1. The number of rotatable bonds is 5. The molecule has 0 aliphatic carbocycles. The Morgan fingerprint density at radius 1 is 1.25 bits per heavy atom. The van der Waals surface area contributed by atoms with Gasteiger partial charge < -0.3 is 15.7 Å². The Morgan fingerprint density at radius 3 is 2.50 bits per heavy atom. The maximum absolute atomic E-state index is 10.7. The highest BCUT2D eigenvalue weighted by Gasteiger charge is 2.31. The Bertz CT molecular complexity index is 406. The van der Waals surface area contributed by atoms with Crippen molar-refractivity contribution in [3.05, 3.63) is 35.9 Å². The average Bonchev–Trinajstić information content (AvgIpc) is 2.45. The topological polar surface area (TPSA) is 61.4 Å². The fourth-order valence-electron chi connectivity index (χ4n) is 2.79. The van der Waals surface area contributed by atoms with Gasteiger partial charge in [-0.1, -0.05) is 30.3 Å². The second-order valence-corrected chi connectivity index (χ2v) is 5.39. The smallest absolute Gasteiger partial charge is 0.404 e. The van der Waals surface area contributed by atoms with E-state index in [9.17, 15) is 4.79 Å². The van der Waals surface area contributed by atoms with Gasteiger partial charge in [0, 0.05) is 6.54 Å². The summed E-state index contributed by atoms with van der Waals surface area (Å²) in [5, 5.41) is 14.7. The first-order valence-corrected chi connectivity index (χ1v) is 6.92. The van der Waals surface area contributed by atoms with E-state index >= 15 is 0 Å². The third-order valence-corrected chi connectivity index (χ3v) is 4.07. The van der Waals surface area contributed by atoms with Crippen LogP contribution in [0.1, 0.15) is 24.8 Å². The number of hydrogen-bond acceptors (Lipinski definition) is 2. The summed E-state index contributed by atoms with van der Waals surface area (Å²) in [5.41, 5.74) is 1.44. The Labute approximate surface area is 126 Å². The van der Waals surface area contributed by atoms with E-state index in [-0.39, 0.29) is 17.8 Å². The highest BCUT2D eigenvalue weighted by Crippen LogP contribution is 2.33. The Hall–Kier alpha value is -1.26. The lowest BCUT2D eigenvalue weighted by atomic mass is 9.74. The van der Waals surface area contributed by atoms with Gasteiger partial charge in [-0.2, -0.15) is 0 Å². The normalized spacial score (nSPS) is 17.0. The van der Waals surface area contributed by atoms with Gasteiger partial charge in [-0.25, -0.2) is 4.79 Å². The second-order valence-electron chi connectivity index (χ2n) is 5.39. The Morgan fingerprint density at radius 2 is 1.90 bits per heavy atom. The number of piperidine rings is 1. The van der Waals surface area contributed by atoms with Crippen molar-refractivity contribution in [1.29, 1.82) is 0 Å². The van der Waals surface area contributed by atoms with E-state index in [1.807, 2.05) is 6.07 Å². The molecule has 20 heavy (non-hydrogen) atoms. The Kier molecular flexibility index (Phi) is 6.82. The van der Waals surface area contributed by atoms with Crippen LogP contribution in [-0.2, 0) is 6.42 Å². The van der Waals surface area contributed by atoms with Crippen molar-refractivity contribution in [1.82, 2.24) is 10.6 Å². The molecule has 0 saturated carbocycles. The van der Waals surface area contributed by atoms with Crippen LogP contribution in [0.25, 0.3) is 0 Å². The zero-order chi connectivity index (χ0) is 13.6. The van der Waals surface area contributed by atoms with Crippen molar-refractivity contribution in [2.45, 2.75) is 25.7 Å². The summed E-state index contributed by atoms with van der Waals surface area (Å²) in [7, 11) is 0. The molecule has 1 aliphatic rings. The van der Waals surface area contributed by atoms with Crippen LogP contribution in [0.5, 0.6) is 0 Å². The highest BCUT2D eigenvalue weighted by atomic mass is 35.5. The van der Waals surface area contributed by atoms with Gasteiger partial charge in [-0.05, 0) is 49.8 Å². The summed E-state index contributed by atoms with van der Waals surface area (Å²) in [4.78, 5) is 10.7. The molecule has 5 heteroatoms. The van der Waals surface area contributed by atoms with Crippen LogP contribution in [0.4, 0.5) is 4.79 Å². The monoisotopic (exact) mass is 298 g/mol. The molecule has 1 fully saturated rings. The molecule has 4 nitrogen and oxygen atoms in total. The first-order chi connectivity index (χ1) is 9.20. The van der Waals surface area contributed by atoms with Crippen LogP contribution in [0, 0.1) is 5.41 Å². The van der Waals surface area contributed by atoms with Gasteiger partial charge in [-0.3, -0.25) is 0 Å². The SMILES string of the molecule is Cl.O=C(O)NCC1(CCc2ccccc2)CCNCC1. The third-order valence-electron chi connectivity index (χ3n) is 4.07. The van der Waals surface area contributed by atoms with E-state index in [4.69, 9.17) is 5.11 Å². The first kappa shape index (κ1) is 16.8. The van der Waals surface area contributed by atoms with E-state index < -0.39 is 6.09 Å².